The van der Waals surface area contributed by atoms with E-state index in [1.54, 1.807) is 0 Å². The van der Waals surface area contributed by atoms with E-state index >= 15 is 0 Å². The summed E-state index contributed by atoms with van der Waals surface area (Å²) in [5.41, 5.74) is 9.62. The maximum absolute atomic E-state index is 5.10. The van der Waals surface area contributed by atoms with Crippen molar-refractivity contribution < 1.29 is 0 Å². The summed E-state index contributed by atoms with van der Waals surface area (Å²) < 4.78 is 2.26. The molecule has 0 spiro atoms. The second-order valence-corrected chi connectivity index (χ2v) is 12.7. The van der Waals surface area contributed by atoms with Crippen molar-refractivity contribution in [3.8, 4) is 51.0 Å². The van der Waals surface area contributed by atoms with Gasteiger partial charge in [-0.05, 0) is 43.2 Å². The molecule has 43 heavy (non-hydrogen) atoms. The summed E-state index contributed by atoms with van der Waals surface area (Å²) in [6, 6.07) is 43.7. The molecule has 8 rings (SSSR count). The molecule has 0 atom stereocenters. The monoisotopic (exact) mass is 573 g/mol. The highest BCUT2D eigenvalue weighted by Gasteiger charge is 2.34. The van der Waals surface area contributed by atoms with Gasteiger partial charge in [0.2, 0.25) is 0 Å². The number of benzene rings is 5. The zero-order valence-corrected chi connectivity index (χ0v) is 24.6. The molecule has 5 aromatic carbocycles. The number of imidazole rings is 1. The van der Waals surface area contributed by atoms with E-state index in [1.165, 1.54) is 11.3 Å². The van der Waals surface area contributed by atoms with Crippen LogP contribution in [0.5, 0.6) is 0 Å². The van der Waals surface area contributed by atoms with E-state index in [4.69, 9.17) is 19.9 Å². The van der Waals surface area contributed by atoms with Gasteiger partial charge in [0.15, 0.2) is 22.6 Å². The van der Waals surface area contributed by atoms with E-state index in [2.05, 4.69) is 85.1 Å². The van der Waals surface area contributed by atoms with Crippen LogP contribution < -0.4 is 0 Å². The molecule has 5 nitrogen and oxygen atoms in total. The standard InChI is InChI=1S/C37H27N5S/c1-37(2)29-20-9-10-22-31(29)42-32-28(19-12-21-30(32)38-36(42)43-37)26-17-11-18-27(23-26)35-40-33(24-13-5-3-6-14-24)39-34(41-35)25-15-7-4-8-16-25/h3-23H,1-2H3. The third-order valence-corrected chi connectivity index (χ3v) is 9.10. The first-order chi connectivity index (χ1) is 21.0. The van der Waals surface area contributed by atoms with Crippen molar-refractivity contribution in [3.63, 3.8) is 0 Å². The summed E-state index contributed by atoms with van der Waals surface area (Å²) in [7, 11) is 0. The maximum Gasteiger partial charge on any atom is 0.174 e. The minimum absolute atomic E-state index is 0.0698. The zero-order valence-electron chi connectivity index (χ0n) is 23.8. The zero-order chi connectivity index (χ0) is 29.0. The highest BCUT2D eigenvalue weighted by atomic mass is 32.2. The quantitative estimate of drug-likeness (QED) is 0.210. The molecule has 0 aliphatic carbocycles. The largest absolute Gasteiger partial charge is 0.286 e. The maximum atomic E-state index is 5.10. The van der Waals surface area contributed by atoms with Crippen LogP contribution >= 0.6 is 11.8 Å². The number of thioether (sulfide) groups is 1. The lowest BCUT2D eigenvalue weighted by molar-refractivity contribution is 0.729. The van der Waals surface area contributed by atoms with E-state index in [0.29, 0.717) is 17.5 Å². The van der Waals surface area contributed by atoms with Crippen LogP contribution in [0.1, 0.15) is 19.4 Å². The Hall–Kier alpha value is -5.07. The van der Waals surface area contributed by atoms with E-state index < -0.39 is 0 Å². The van der Waals surface area contributed by atoms with Gasteiger partial charge in [0.1, 0.15) is 0 Å². The first kappa shape index (κ1) is 25.6. The molecule has 0 saturated carbocycles. The van der Waals surface area contributed by atoms with Crippen LogP contribution in [0.25, 0.3) is 62.0 Å². The van der Waals surface area contributed by atoms with Crippen molar-refractivity contribution in [2.24, 2.45) is 0 Å². The predicted molar refractivity (Wildman–Crippen MR) is 175 cm³/mol. The van der Waals surface area contributed by atoms with Gasteiger partial charge in [0, 0.05) is 27.0 Å². The Morgan fingerprint density at radius 1 is 0.535 bits per heavy atom. The second-order valence-electron chi connectivity index (χ2n) is 11.2. The number of aromatic nitrogens is 5. The first-order valence-electron chi connectivity index (χ1n) is 14.3. The molecule has 0 unspecified atom stereocenters. The Morgan fingerprint density at radius 3 is 1.79 bits per heavy atom. The van der Waals surface area contributed by atoms with Crippen LogP contribution in [-0.4, -0.2) is 24.5 Å². The normalized spacial score (nSPS) is 13.4. The number of hydrogen-bond donors (Lipinski definition) is 0. The average molecular weight is 574 g/mol. The number of hydrogen-bond acceptors (Lipinski definition) is 5. The first-order valence-corrected chi connectivity index (χ1v) is 15.1. The molecule has 0 fully saturated rings. The highest BCUT2D eigenvalue weighted by molar-refractivity contribution is 8.00. The van der Waals surface area contributed by atoms with Gasteiger partial charge in [-0.2, -0.15) is 0 Å². The smallest absolute Gasteiger partial charge is 0.174 e. The van der Waals surface area contributed by atoms with Gasteiger partial charge in [-0.1, -0.05) is 121 Å². The van der Waals surface area contributed by atoms with Crippen molar-refractivity contribution in [2.45, 2.75) is 23.8 Å². The van der Waals surface area contributed by atoms with E-state index in [-0.39, 0.29) is 4.75 Å². The minimum Gasteiger partial charge on any atom is -0.286 e. The summed E-state index contributed by atoms with van der Waals surface area (Å²) >= 11 is 1.81. The molecular formula is C37H27N5S. The molecule has 0 radical (unpaired) electrons. The number of fused-ring (bicyclic) bond motifs is 5. The fourth-order valence-electron chi connectivity index (χ4n) is 5.85. The average Bonchev–Trinajstić information content (AvgIpc) is 3.43. The third kappa shape index (κ3) is 4.42. The van der Waals surface area contributed by atoms with Crippen LogP contribution in [0.3, 0.4) is 0 Å². The summed E-state index contributed by atoms with van der Waals surface area (Å²) in [4.78, 5) is 19.9. The lowest BCUT2D eigenvalue weighted by Gasteiger charge is -2.32. The fraction of sp³-hybridized carbons (Fsp3) is 0.0811. The summed E-state index contributed by atoms with van der Waals surface area (Å²) in [5, 5.41) is 1.01. The topological polar surface area (TPSA) is 56.5 Å². The molecule has 0 amide bonds. The molecule has 7 aromatic rings. The van der Waals surface area contributed by atoms with Crippen molar-refractivity contribution >= 4 is 22.8 Å². The van der Waals surface area contributed by atoms with Crippen LogP contribution in [0.15, 0.2) is 133 Å². The van der Waals surface area contributed by atoms with Crippen molar-refractivity contribution in [3.05, 3.63) is 133 Å². The Balaban J connectivity index is 1.31. The van der Waals surface area contributed by atoms with Crippen LogP contribution in [0.4, 0.5) is 0 Å². The van der Waals surface area contributed by atoms with Gasteiger partial charge in [-0.3, -0.25) is 4.57 Å². The molecular weight excluding hydrogens is 547 g/mol. The van der Waals surface area contributed by atoms with Gasteiger partial charge in [-0.25, -0.2) is 19.9 Å². The van der Waals surface area contributed by atoms with Gasteiger partial charge in [0.25, 0.3) is 0 Å². The van der Waals surface area contributed by atoms with E-state index in [1.807, 2.05) is 72.4 Å². The summed E-state index contributed by atoms with van der Waals surface area (Å²) in [6.45, 7) is 4.54. The van der Waals surface area contributed by atoms with Gasteiger partial charge in [0.05, 0.1) is 16.7 Å². The van der Waals surface area contributed by atoms with E-state index in [0.717, 1.165) is 44.0 Å². The van der Waals surface area contributed by atoms with Crippen molar-refractivity contribution in [2.75, 3.05) is 0 Å². The Bertz CT molecular complexity index is 2080. The molecule has 3 heterocycles. The molecule has 6 heteroatoms. The highest BCUT2D eigenvalue weighted by Crippen LogP contribution is 2.50. The van der Waals surface area contributed by atoms with E-state index in [9.17, 15) is 0 Å². The van der Waals surface area contributed by atoms with Gasteiger partial charge < -0.3 is 0 Å². The summed E-state index contributed by atoms with van der Waals surface area (Å²) in [5.74, 6) is 1.94. The molecule has 0 N–H and O–H groups in total. The third-order valence-electron chi connectivity index (χ3n) is 7.92. The van der Waals surface area contributed by atoms with Crippen LogP contribution in [0.2, 0.25) is 0 Å². The Morgan fingerprint density at radius 2 is 1.09 bits per heavy atom. The Labute approximate surface area is 254 Å². The molecule has 2 aromatic heterocycles. The predicted octanol–water partition coefficient (Wildman–Crippen LogP) is 9.22. The molecule has 0 saturated heterocycles. The molecule has 0 bridgehead atoms. The number of rotatable bonds is 4. The number of nitrogens with zero attached hydrogens (tertiary/aromatic N) is 5. The fourth-order valence-corrected chi connectivity index (χ4v) is 7.02. The molecule has 1 aliphatic rings. The van der Waals surface area contributed by atoms with Gasteiger partial charge >= 0.3 is 0 Å². The second kappa shape index (κ2) is 10.0. The minimum atomic E-state index is -0.0698. The van der Waals surface area contributed by atoms with Crippen molar-refractivity contribution in [1.29, 1.82) is 0 Å². The van der Waals surface area contributed by atoms with Crippen LogP contribution in [-0.2, 0) is 4.75 Å². The molecule has 1 aliphatic heterocycles. The lowest BCUT2D eigenvalue weighted by atomic mass is 9.98. The van der Waals surface area contributed by atoms with Gasteiger partial charge in [-0.15, -0.1) is 0 Å². The summed E-state index contributed by atoms with van der Waals surface area (Å²) in [6.07, 6.45) is 0. The number of para-hydroxylation sites is 2. The lowest BCUT2D eigenvalue weighted by Crippen LogP contribution is -2.21. The van der Waals surface area contributed by atoms with Crippen LogP contribution in [0, 0.1) is 0 Å². The SMILES string of the molecule is CC1(C)Sc2nc3cccc(-c4cccc(-c5nc(-c6ccccc6)nc(-c6ccccc6)n5)c4)c3n2-c2ccccc21. The Kier molecular flexibility index (Phi) is 5.98. The van der Waals surface area contributed by atoms with Crippen molar-refractivity contribution in [1.82, 2.24) is 24.5 Å². The molecule has 206 valence electrons.